The Morgan fingerprint density at radius 2 is 1.85 bits per heavy atom. The van der Waals surface area contributed by atoms with Gasteiger partial charge in [-0.3, -0.25) is 14.7 Å². The lowest BCUT2D eigenvalue weighted by Gasteiger charge is -2.42. The highest BCUT2D eigenvalue weighted by Gasteiger charge is 2.57. The van der Waals surface area contributed by atoms with Crippen molar-refractivity contribution in [1.29, 1.82) is 0 Å². The number of piperidine rings is 1. The minimum Gasteiger partial charge on any atom is -0.481 e. The summed E-state index contributed by atoms with van der Waals surface area (Å²) in [5.74, 6) is -1.18. The predicted molar refractivity (Wildman–Crippen MR) is 130 cm³/mol. The molecule has 1 aliphatic heterocycles. The number of carbonyl (C=O) groups excluding carboxylic acids is 2. The smallest absolute Gasteiger partial charge is 0.417 e. The van der Waals surface area contributed by atoms with Crippen LogP contribution in [0.2, 0.25) is 0 Å². The van der Waals surface area contributed by atoms with Crippen LogP contribution in [0.3, 0.4) is 0 Å². The minimum atomic E-state index is -4.46. The molecule has 5 rings (SSSR count). The van der Waals surface area contributed by atoms with Crippen LogP contribution in [0.25, 0.3) is 11.3 Å². The highest BCUT2D eigenvalue weighted by Crippen LogP contribution is 2.51. The molecule has 1 spiro atoms. The molecule has 3 fully saturated rings. The summed E-state index contributed by atoms with van der Waals surface area (Å²) in [7, 11) is 2.49. The Hall–Kier alpha value is -3.22. The van der Waals surface area contributed by atoms with Crippen molar-refractivity contribution in [2.45, 2.75) is 74.7 Å². The Bertz CT molecular complexity index is 1240. The first kappa shape index (κ1) is 27.4. The van der Waals surface area contributed by atoms with E-state index in [2.05, 4.69) is 20.5 Å². The Balaban J connectivity index is 1.20. The zero-order valence-electron chi connectivity index (χ0n) is 21.7. The molecule has 2 N–H and O–H groups in total. The second-order valence-electron chi connectivity index (χ2n) is 10.7. The molecule has 1 saturated heterocycles. The summed E-state index contributed by atoms with van der Waals surface area (Å²) in [5, 5.41) is 9.77. The van der Waals surface area contributed by atoms with Crippen LogP contribution in [0.1, 0.15) is 61.9 Å². The predicted octanol–water partition coefficient (Wildman–Crippen LogP) is 4.01. The first-order valence-electron chi connectivity index (χ1n) is 13.0. The van der Waals surface area contributed by atoms with E-state index in [-0.39, 0.29) is 66.6 Å². The number of nitrogens with one attached hydrogen (secondary N) is 2. The molecule has 2 amide bonds. The first-order valence-corrected chi connectivity index (χ1v) is 13.0. The van der Waals surface area contributed by atoms with Gasteiger partial charge in [0.25, 0.3) is 5.91 Å². The van der Waals surface area contributed by atoms with Crippen molar-refractivity contribution in [2.24, 2.45) is 5.92 Å². The van der Waals surface area contributed by atoms with Gasteiger partial charge in [0.2, 0.25) is 11.8 Å². The number of hydrogen-bond donors (Lipinski definition) is 2. The van der Waals surface area contributed by atoms with Crippen LogP contribution in [0.4, 0.5) is 17.6 Å². The van der Waals surface area contributed by atoms with Gasteiger partial charge in [-0.25, -0.2) is 9.37 Å². The van der Waals surface area contributed by atoms with Crippen LogP contribution >= 0.6 is 0 Å². The third-order valence-corrected chi connectivity index (χ3v) is 8.52. The number of rotatable bonds is 6. The molecule has 212 valence electrons. The maximum atomic E-state index is 14.3. The lowest BCUT2D eigenvalue weighted by atomic mass is 9.81. The number of ether oxygens (including phenoxy) is 2. The number of likely N-dealkylation sites (tertiary alicyclic amines) is 1. The summed E-state index contributed by atoms with van der Waals surface area (Å²) in [6.45, 7) is 0.349. The van der Waals surface area contributed by atoms with E-state index in [0.29, 0.717) is 25.1 Å². The third kappa shape index (κ3) is 5.08. The van der Waals surface area contributed by atoms with Crippen molar-refractivity contribution in [3.05, 3.63) is 29.8 Å². The molecule has 39 heavy (non-hydrogen) atoms. The highest BCUT2D eigenvalue weighted by molar-refractivity contribution is 5.94. The van der Waals surface area contributed by atoms with Gasteiger partial charge in [-0.1, -0.05) is 0 Å². The number of amides is 2. The molecule has 1 atom stereocenters. The van der Waals surface area contributed by atoms with E-state index < -0.39 is 23.1 Å². The number of aromatic nitrogens is 3. The standard InChI is InChI=1S/C26H31F4N5O4/c1-38-21-11-17(18(27)14-31-21)19-12-20(34-33-19)23(37)35-10-5-15(13-24(35)8-9-24)22(36)32-16-3-6-25(39-2,7-4-16)26(28,29)30/h11-12,14-16H,3-10,13H2,1-2H3,(H,32,36)(H,33,34)/t15-,16?,25?/m0/s1. The van der Waals surface area contributed by atoms with Crippen molar-refractivity contribution < 1.29 is 36.6 Å². The SMILES string of the molecule is COc1cc(-c2cc(C(=O)N3CC[C@H](C(=O)NC4CCC(OC)(C(F)(F)F)CC4)CC34CC4)n[nH]2)c(F)cn1. The average molecular weight is 554 g/mol. The summed E-state index contributed by atoms with van der Waals surface area (Å²) >= 11 is 0. The number of methoxy groups -OCH3 is 2. The fourth-order valence-electron chi connectivity index (χ4n) is 5.95. The second kappa shape index (κ2) is 10.1. The zero-order chi connectivity index (χ0) is 28.0. The zero-order valence-corrected chi connectivity index (χ0v) is 21.7. The van der Waals surface area contributed by atoms with E-state index >= 15 is 0 Å². The van der Waals surface area contributed by atoms with Crippen LogP contribution < -0.4 is 10.1 Å². The van der Waals surface area contributed by atoms with Gasteiger partial charge in [0, 0.05) is 42.8 Å². The van der Waals surface area contributed by atoms with E-state index in [9.17, 15) is 27.2 Å². The van der Waals surface area contributed by atoms with Crippen molar-refractivity contribution in [3.63, 3.8) is 0 Å². The monoisotopic (exact) mass is 553 g/mol. The lowest BCUT2D eigenvalue weighted by Crippen LogP contribution is -2.54. The van der Waals surface area contributed by atoms with Gasteiger partial charge < -0.3 is 19.7 Å². The molecule has 13 heteroatoms. The number of H-pyrrole nitrogens is 1. The van der Waals surface area contributed by atoms with Crippen molar-refractivity contribution in [3.8, 4) is 17.1 Å². The quantitative estimate of drug-likeness (QED) is 0.524. The highest BCUT2D eigenvalue weighted by atomic mass is 19.4. The molecule has 9 nitrogen and oxygen atoms in total. The molecule has 0 unspecified atom stereocenters. The van der Waals surface area contributed by atoms with Crippen molar-refractivity contribution in [1.82, 2.24) is 25.4 Å². The van der Waals surface area contributed by atoms with Gasteiger partial charge in [0.1, 0.15) is 0 Å². The Labute approximate surface area is 222 Å². The maximum absolute atomic E-state index is 14.3. The molecule has 0 aromatic carbocycles. The number of nitrogens with zero attached hydrogens (tertiary/aromatic N) is 3. The maximum Gasteiger partial charge on any atom is 0.417 e. The van der Waals surface area contributed by atoms with Crippen LogP contribution in [-0.4, -0.2) is 76.0 Å². The molecular formula is C26H31F4N5O4. The fourth-order valence-corrected chi connectivity index (χ4v) is 5.95. The van der Waals surface area contributed by atoms with E-state index in [1.54, 1.807) is 4.90 Å². The van der Waals surface area contributed by atoms with E-state index in [1.165, 1.54) is 19.2 Å². The number of carbonyl (C=O) groups is 2. The number of aromatic amines is 1. The van der Waals surface area contributed by atoms with E-state index in [4.69, 9.17) is 9.47 Å². The largest absolute Gasteiger partial charge is 0.481 e. The van der Waals surface area contributed by atoms with Crippen LogP contribution in [0, 0.1) is 11.7 Å². The van der Waals surface area contributed by atoms with Crippen LogP contribution in [-0.2, 0) is 9.53 Å². The van der Waals surface area contributed by atoms with Crippen molar-refractivity contribution in [2.75, 3.05) is 20.8 Å². The molecule has 2 saturated carbocycles. The summed E-state index contributed by atoms with van der Waals surface area (Å²) in [6.07, 6.45) is -1.03. The number of hydrogen-bond acceptors (Lipinski definition) is 6. The topological polar surface area (TPSA) is 109 Å². The van der Waals surface area contributed by atoms with Gasteiger partial charge >= 0.3 is 6.18 Å². The summed E-state index contributed by atoms with van der Waals surface area (Å²) < 4.78 is 64.6. The third-order valence-electron chi connectivity index (χ3n) is 8.52. The second-order valence-corrected chi connectivity index (χ2v) is 10.7. The normalized spacial score (nSPS) is 26.4. The Kier molecular flexibility index (Phi) is 7.06. The molecule has 0 bridgehead atoms. The van der Waals surface area contributed by atoms with Crippen LogP contribution in [0.5, 0.6) is 5.88 Å². The van der Waals surface area contributed by atoms with Gasteiger partial charge in [-0.05, 0) is 57.4 Å². The average Bonchev–Trinajstić information content (AvgIpc) is 3.49. The molecule has 2 aliphatic carbocycles. The minimum absolute atomic E-state index is 0.142. The fraction of sp³-hybridized carbons (Fsp3) is 0.615. The van der Waals surface area contributed by atoms with E-state index in [0.717, 1.165) is 26.1 Å². The van der Waals surface area contributed by atoms with Crippen molar-refractivity contribution >= 4 is 11.8 Å². The molecule has 2 aromatic rings. The lowest BCUT2D eigenvalue weighted by molar-refractivity contribution is -0.280. The Morgan fingerprint density at radius 1 is 1.13 bits per heavy atom. The van der Waals surface area contributed by atoms with Gasteiger partial charge in [-0.2, -0.15) is 18.3 Å². The van der Waals surface area contributed by atoms with Gasteiger partial charge in [0.15, 0.2) is 17.1 Å². The molecular weight excluding hydrogens is 522 g/mol. The summed E-state index contributed by atoms with van der Waals surface area (Å²) in [6, 6.07) is 2.56. The summed E-state index contributed by atoms with van der Waals surface area (Å²) in [5.41, 5.74) is -1.98. The molecule has 3 heterocycles. The first-order chi connectivity index (χ1) is 18.5. The number of alkyl halides is 3. The number of pyridine rings is 1. The number of halogens is 4. The van der Waals surface area contributed by atoms with Gasteiger partial charge in [-0.15, -0.1) is 0 Å². The summed E-state index contributed by atoms with van der Waals surface area (Å²) in [4.78, 5) is 32.0. The molecule has 3 aliphatic rings. The Morgan fingerprint density at radius 3 is 2.46 bits per heavy atom. The molecule has 2 aromatic heterocycles. The van der Waals surface area contributed by atoms with Gasteiger partial charge in [0.05, 0.1) is 19.0 Å². The van der Waals surface area contributed by atoms with E-state index in [1.807, 2.05) is 0 Å². The molecule has 0 radical (unpaired) electrons. The van der Waals surface area contributed by atoms with Crippen LogP contribution in [0.15, 0.2) is 18.3 Å².